The van der Waals surface area contributed by atoms with Crippen LogP contribution in [0.3, 0.4) is 0 Å². The Bertz CT molecular complexity index is 1120. The van der Waals surface area contributed by atoms with E-state index in [0.29, 0.717) is 25.9 Å². The molecule has 6 nitrogen and oxygen atoms in total. The minimum Gasteiger partial charge on any atom is -0.481 e. The highest BCUT2D eigenvalue weighted by molar-refractivity contribution is 9.11. The lowest BCUT2D eigenvalue weighted by atomic mass is 10.1. The van der Waals surface area contributed by atoms with Gasteiger partial charge in [-0.1, -0.05) is 35.4 Å². The van der Waals surface area contributed by atoms with Gasteiger partial charge in [0.25, 0.3) is 11.8 Å². The van der Waals surface area contributed by atoms with Crippen LogP contribution in [0.15, 0.2) is 74.7 Å². The van der Waals surface area contributed by atoms with Crippen LogP contribution in [0.25, 0.3) is 0 Å². The number of anilines is 1. The molecule has 3 aromatic rings. The van der Waals surface area contributed by atoms with Gasteiger partial charge in [-0.15, -0.1) is 0 Å². The lowest BCUT2D eigenvalue weighted by molar-refractivity contribution is -0.118. The van der Waals surface area contributed by atoms with Gasteiger partial charge in [0.15, 0.2) is 6.61 Å². The maximum Gasteiger partial charge on any atom is 0.271 e. The molecule has 8 heteroatoms. The molecule has 164 valence electrons. The normalized spacial score (nSPS) is 10.8. The van der Waals surface area contributed by atoms with E-state index in [1.54, 1.807) is 24.3 Å². The summed E-state index contributed by atoms with van der Waals surface area (Å²) in [4.78, 5) is 24.3. The average molecular weight is 559 g/mol. The number of halogens is 2. The molecule has 3 aromatic carbocycles. The second kappa shape index (κ2) is 11.1. The predicted octanol–water partition coefficient (Wildman–Crippen LogP) is 5.61. The largest absolute Gasteiger partial charge is 0.481 e. The van der Waals surface area contributed by atoms with E-state index in [1.165, 1.54) is 6.21 Å². The monoisotopic (exact) mass is 557 g/mol. The Morgan fingerprint density at radius 1 is 0.938 bits per heavy atom. The second-order valence-corrected chi connectivity index (χ2v) is 8.79. The highest BCUT2D eigenvalue weighted by Gasteiger charge is 2.11. The molecule has 0 heterocycles. The van der Waals surface area contributed by atoms with E-state index in [2.05, 4.69) is 47.7 Å². The van der Waals surface area contributed by atoms with E-state index in [4.69, 9.17) is 4.74 Å². The van der Waals surface area contributed by atoms with Crippen molar-refractivity contribution in [1.82, 2.24) is 5.43 Å². The SMILES string of the molecule is Cc1ccc(NC(=O)COc2c(Br)cc(/C=N/NC(=O)c3ccc(C)cc3)cc2Br)cc1. The summed E-state index contributed by atoms with van der Waals surface area (Å²) < 4.78 is 6.95. The third kappa shape index (κ3) is 6.77. The van der Waals surface area contributed by atoms with Crippen molar-refractivity contribution in [3.05, 3.63) is 91.9 Å². The van der Waals surface area contributed by atoms with Gasteiger partial charge in [-0.05, 0) is 87.7 Å². The maximum atomic E-state index is 12.2. The lowest BCUT2D eigenvalue weighted by Crippen LogP contribution is -2.20. The van der Waals surface area contributed by atoms with E-state index >= 15 is 0 Å². The van der Waals surface area contributed by atoms with Crippen LogP contribution in [0.4, 0.5) is 5.69 Å². The molecule has 0 aliphatic rings. The van der Waals surface area contributed by atoms with Crippen molar-refractivity contribution in [3.8, 4) is 5.75 Å². The Morgan fingerprint density at radius 3 is 2.09 bits per heavy atom. The Balaban J connectivity index is 1.57. The van der Waals surface area contributed by atoms with Crippen LogP contribution in [-0.2, 0) is 4.79 Å². The summed E-state index contributed by atoms with van der Waals surface area (Å²) in [5.74, 6) is -0.0686. The highest BCUT2D eigenvalue weighted by atomic mass is 79.9. The molecule has 32 heavy (non-hydrogen) atoms. The molecule has 0 atom stereocenters. The summed E-state index contributed by atoms with van der Waals surface area (Å²) in [5.41, 5.74) is 6.66. The van der Waals surface area contributed by atoms with Crippen LogP contribution in [0.2, 0.25) is 0 Å². The van der Waals surface area contributed by atoms with Gasteiger partial charge in [-0.25, -0.2) is 5.43 Å². The van der Waals surface area contributed by atoms with E-state index in [0.717, 1.165) is 16.7 Å². The molecule has 0 radical (unpaired) electrons. The zero-order valence-corrected chi connectivity index (χ0v) is 20.7. The van der Waals surface area contributed by atoms with Gasteiger partial charge < -0.3 is 10.1 Å². The van der Waals surface area contributed by atoms with Crippen molar-refractivity contribution in [2.75, 3.05) is 11.9 Å². The van der Waals surface area contributed by atoms with Gasteiger partial charge in [-0.2, -0.15) is 5.10 Å². The minimum atomic E-state index is -0.293. The zero-order chi connectivity index (χ0) is 23.1. The smallest absolute Gasteiger partial charge is 0.271 e. The quantitative estimate of drug-likeness (QED) is 0.292. The summed E-state index contributed by atoms with van der Waals surface area (Å²) in [6, 6.07) is 18.3. The first-order valence-electron chi connectivity index (χ1n) is 9.70. The Morgan fingerprint density at radius 2 is 1.50 bits per heavy atom. The number of hydrogen-bond donors (Lipinski definition) is 2. The van der Waals surface area contributed by atoms with Crippen LogP contribution in [0.5, 0.6) is 5.75 Å². The van der Waals surface area contributed by atoms with Gasteiger partial charge in [0, 0.05) is 11.3 Å². The molecule has 0 spiro atoms. The number of nitrogens with zero attached hydrogens (tertiary/aromatic N) is 1. The number of benzene rings is 3. The number of carbonyl (C=O) groups excluding carboxylic acids is 2. The van der Waals surface area contributed by atoms with Crippen molar-refractivity contribution in [2.24, 2.45) is 5.10 Å². The summed E-state index contributed by atoms with van der Waals surface area (Å²) >= 11 is 6.90. The van der Waals surface area contributed by atoms with Gasteiger partial charge in [0.05, 0.1) is 15.2 Å². The van der Waals surface area contributed by atoms with Crippen LogP contribution in [0.1, 0.15) is 27.0 Å². The van der Waals surface area contributed by atoms with Gasteiger partial charge in [0.2, 0.25) is 0 Å². The first kappa shape index (κ1) is 23.7. The molecule has 0 aliphatic carbocycles. The van der Waals surface area contributed by atoms with Crippen LogP contribution in [-0.4, -0.2) is 24.6 Å². The van der Waals surface area contributed by atoms with Crippen molar-refractivity contribution < 1.29 is 14.3 Å². The number of ether oxygens (including phenoxy) is 1. The maximum absolute atomic E-state index is 12.2. The Kier molecular flexibility index (Phi) is 8.19. The standard InChI is InChI=1S/C24H21Br2N3O3/c1-15-3-7-18(8-4-15)24(31)29-27-13-17-11-20(25)23(21(26)12-17)32-14-22(30)28-19-9-5-16(2)6-10-19/h3-13H,14H2,1-2H3,(H,28,30)(H,29,31)/b27-13+. The molecule has 0 unspecified atom stereocenters. The number of hydrazone groups is 1. The van der Waals surface area contributed by atoms with Crippen molar-refractivity contribution in [1.29, 1.82) is 0 Å². The topological polar surface area (TPSA) is 79.8 Å². The molecular weight excluding hydrogens is 538 g/mol. The van der Waals surface area contributed by atoms with Crippen molar-refractivity contribution in [2.45, 2.75) is 13.8 Å². The van der Waals surface area contributed by atoms with E-state index in [1.807, 2.05) is 50.2 Å². The molecule has 3 rings (SSSR count). The summed E-state index contributed by atoms with van der Waals surface area (Å²) in [7, 11) is 0. The number of rotatable bonds is 7. The van der Waals surface area contributed by atoms with E-state index in [9.17, 15) is 9.59 Å². The molecule has 2 amide bonds. The number of hydrogen-bond acceptors (Lipinski definition) is 4. The summed E-state index contributed by atoms with van der Waals surface area (Å²) in [6.07, 6.45) is 1.52. The minimum absolute atomic E-state index is 0.148. The van der Waals surface area contributed by atoms with Gasteiger partial charge >= 0.3 is 0 Å². The molecular formula is C24H21Br2N3O3. The zero-order valence-electron chi connectivity index (χ0n) is 17.5. The molecule has 0 fully saturated rings. The summed E-state index contributed by atoms with van der Waals surface area (Å²) in [5, 5.41) is 6.80. The fraction of sp³-hybridized carbons (Fsp3) is 0.125. The highest BCUT2D eigenvalue weighted by Crippen LogP contribution is 2.34. The first-order chi connectivity index (χ1) is 15.3. The van der Waals surface area contributed by atoms with Crippen molar-refractivity contribution in [3.63, 3.8) is 0 Å². The third-order valence-corrected chi connectivity index (χ3v) is 5.58. The van der Waals surface area contributed by atoms with Crippen LogP contribution >= 0.6 is 31.9 Å². The molecule has 0 bridgehead atoms. The third-order valence-electron chi connectivity index (χ3n) is 4.40. The predicted molar refractivity (Wildman–Crippen MR) is 133 cm³/mol. The molecule has 0 aliphatic heterocycles. The molecule has 0 saturated carbocycles. The Hall–Kier alpha value is -2.97. The van der Waals surface area contributed by atoms with Crippen LogP contribution < -0.4 is 15.5 Å². The second-order valence-electron chi connectivity index (χ2n) is 7.08. The lowest BCUT2D eigenvalue weighted by Gasteiger charge is -2.11. The molecule has 2 N–H and O–H groups in total. The van der Waals surface area contributed by atoms with Gasteiger partial charge in [0.1, 0.15) is 5.75 Å². The number of amides is 2. The van der Waals surface area contributed by atoms with Crippen LogP contribution in [0, 0.1) is 13.8 Å². The first-order valence-corrected chi connectivity index (χ1v) is 11.3. The number of aryl methyl sites for hydroxylation is 2. The number of carbonyl (C=O) groups is 2. The fourth-order valence-electron chi connectivity index (χ4n) is 2.70. The molecule has 0 saturated heterocycles. The number of nitrogens with one attached hydrogen (secondary N) is 2. The Labute approximate surface area is 203 Å². The van der Waals surface area contributed by atoms with Crippen molar-refractivity contribution >= 4 is 55.6 Å². The molecule has 0 aromatic heterocycles. The van der Waals surface area contributed by atoms with E-state index in [-0.39, 0.29) is 18.4 Å². The van der Waals surface area contributed by atoms with Gasteiger partial charge in [-0.3, -0.25) is 9.59 Å². The fourth-order valence-corrected chi connectivity index (χ4v) is 4.15. The van der Waals surface area contributed by atoms with E-state index < -0.39 is 0 Å². The average Bonchev–Trinajstić information content (AvgIpc) is 2.75. The summed E-state index contributed by atoms with van der Waals surface area (Å²) in [6.45, 7) is 3.79.